The van der Waals surface area contributed by atoms with Crippen molar-refractivity contribution in [3.63, 3.8) is 0 Å². The van der Waals surface area contributed by atoms with Gasteiger partial charge in [-0.3, -0.25) is 13.9 Å². The number of carbonyl (C=O) groups excluding carboxylic acids is 2. The second-order valence-electron chi connectivity index (χ2n) is 8.77. The van der Waals surface area contributed by atoms with Crippen LogP contribution in [0, 0.1) is 11.6 Å². The van der Waals surface area contributed by atoms with Crippen LogP contribution >= 0.6 is 11.6 Å². The topological polar surface area (TPSA) is 86.8 Å². The fraction of sp³-hybridized carbons (Fsp3) is 0.440. The Bertz CT molecular complexity index is 1160. The van der Waals surface area contributed by atoms with Crippen LogP contribution in [0.5, 0.6) is 0 Å². The van der Waals surface area contributed by atoms with Gasteiger partial charge >= 0.3 is 0 Å². The Balaban J connectivity index is 2.22. The zero-order chi connectivity index (χ0) is 27.0. The fourth-order valence-electron chi connectivity index (χ4n) is 3.73. The van der Waals surface area contributed by atoms with Crippen molar-refractivity contribution in [2.75, 3.05) is 17.1 Å². The van der Waals surface area contributed by atoms with Crippen molar-refractivity contribution in [2.24, 2.45) is 0 Å². The van der Waals surface area contributed by atoms with E-state index in [0.29, 0.717) is 11.4 Å². The van der Waals surface area contributed by atoms with Crippen LogP contribution in [0.1, 0.15) is 45.6 Å². The van der Waals surface area contributed by atoms with Crippen LogP contribution < -0.4 is 9.62 Å². The number of anilines is 1. The van der Waals surface area contributed by atoms with Gasteiger partial charge in [-0.25, -0.2) is 17.2 Å². The summed E-state index contributed by atoms with van der Waals surface area (Å²) in [6.45, 7) is 5.50. The quantitative estimate of drug-likeness (QED) is 0.427. The van der Waals surface area contributed by atoms with Gasteiger partial charge in [0.05, 0.1) is 11.9 Å². The number of carbonyl (C=O) groups is 2. The number of hydrogen-bond donors (Lipinski definition) is 1. The molecule has 0 saturated heterocycles. The van der Waals surface area contributed by atoms with Gasteiger partial charge in [0.15, 0.2) is 11.6 Å². The van der Waals surface area contributed by atoms with Crippen molar-refractivity contribution in [3.8, 4) is 0 Å². The Morgan fingerprint density at radius 2 is 1.69 bits per heavy atom. The number of hydrogen-bond acceptors (Lipinski definition) is 4. The summed E-state index contributed by atoms with van der Waals surface area (Å²) in [6.07, 6.45) is 1.37. The van der Waals surface area contributed by atoms with Crippen molar-refractivity contribution in [1.29, 1.82) is 0 Å². The fourth-order valence-corrected chi connectivity index (χ4v) is 4.81. The van der Waals surface area contributed by atoms with Crippen molar-refractivity contribution < 1.29 is 26.8 Å². The van der Waals surface area contributed by atoms with E-state index in [1.807, 2.05) is 13.8 Å². The maximum absolute atomic E-state index is 13.7. The van der Waals surface area contributed by atoms with Gasteiger partial charge in [-0.1, -0.05) is 30.7 Å². The largest absolute Gasteiger partial charge is 0.352 e. The molecule has 7 nitrogen and oxygen atoms in total. The van der Waals surface area contributed by atoms with Gasteiger partial charge in [-0.15, -0.1) is 0 Å². The van der Waals surface area contributed by atoms with Gasteiger partial charge in [0, 0.05) is 36.6 Å². The highest BCUT2D eigenvalue weighted by atomic mass is 35.5. The molecule has 36 heavy (non-hydrogen) atoms. The van der Waals surface area contributed by atoms with Crippen LogP contribution in [0.15, 0.2) is 42.5 Å². The number of sulfonamides is 1. The zero-order valence-electron chi connectivity index (χ0n) is 20.8. The van der Waals surface area contributed by atoms with Crippen LogP contribution in [0.3, 0.4) is 0 Å². The van der Waals surface area contributed by atoms with Gasteiger partial charge in [0.1, 0.15) is 6.04 Å². The zero-order valence-corrected chi connectivity index (χ0v) is 22.4. The monoisotopic (exact) mass is 543 g/mol. The first-order valence-electron chi connectivity index (χ1n) is 11.6. The lowest BCUT2D eigenvalue weighted by Crippen LogP contribution is -2.50. The molecule has 0 aliphatic carbocycles. The molecule has 2 aromatic carbocycles. The summed E-state index contributed by atoms with van der Waals surface area (Å²) in [5, 5.41) is 3.38. The molecule has 0 saturated carbocycles. The molecule has 0 radical (unpaired) electrons. The third-order valence-electron chi connectivity index (χ3n) is 5.43. The van der Waals surface area contributed by atoms with Gasteiger partial charge in [0.2, 0.25) is 21.8 Å². The molecule has 0 aliphatic heterocycles. The molecule has 0 spiro atoms. The van der Waals surface area contributed by atoms with Crippen LogP contribution in [0.2, 0.25) is 5.02 Å². The third-order valence-corrected chi connectivity index (χ3v) is 6.87. The number of nitrogens with zero attached hydrogens (tertiary/aromatic N) is 2. The van der Waals surface area contributed by atoms with E-state index in [4.69, 9.17) is 11.6 Å². The number of rotatable bonds is 12. The molecule has 1 atom stereocenters. The minimum atomic E-state index is -3.82. The molecule has 198 valence electrons. The molecule has 0 bridgehead atoms. The Morgan fingerprint density at radius 1 is 1.06 bits per heavy atom. The lowest BCUT2D eigenvalue weighted by Gasteiger charge is -2.31. The van der Waals surface area contributed by atoms with Crippen molar-refractivity contribution >= 4 is 39.1 Å². The normalized spacial score (nSPS) is 12.3. The van der Waals surface area contributed by atoms with E-state index >= 15 is 0 Å². The molecule has 2 rings (SSSR count). The molecule has 11 heteroatoms. The highest BCUT2D eigenvalue weighted by molar-refractivity contribution is 7.92. The summed E-state index contributed by atoms with van der Waals surface area (Å²) in [6, 6.07) is 8.90. The molecule has 0 aliphatic rings. The summed E-state index contributed by atoms with van der Waals surface area (Å²) in [4.78, 5) is 27.6. The molecule has 2 aromatic rings. The van der Waals surface area contributed by atoms with Gasteiger partial charge < -0.3 is 10.2 Å². The summed E-state index contributed by atoms with van der Waals surface area (Å²) in [5.41, 5.74) is 0.743. The maximum atomic E-state index is 13.7. The summed E-state index contributed by atoms with van der Waals surface area (Å²) >= 11 is 5.97. The Kier molecular flexibility index (Phi) is 10.7. The van der Waals surface area contributed by atoms with Gasteiger partial charge in [0.25, 0.3) is 0 Å². The maximum Gasteiger partial charge on any atom is 0.243 e. The summed E-state index contributed by atoms with van der Waals surface area (Å²) < 4.78 is 52.6. The molecule has 0 unspecified atom stereocenters. The van der Waals surface area contributed by atoms with E-state index in [0.717, 1.165) is 34.3 Å². The van der Waals surface area contributed by atoms with Crippen LogP contribution in [-0.4, -0.2) is 50.0 Å². The number of benzene rings is 2. The average Bonchev–Trinajstić information content (AvgIpc) is 2.78. The van der Waals surface area contributed by atoms with E-state index in [9.17, 15) is 26.8 Å². The Hall–Kier alpha value is -2.72. The molecule has 0 heterocycles. The standard InChI is InChI=1S/C25H32ClF2N3O4S/c1-5-23(25(33)29-17(2)3)30(16-18-8-10-19(26)11-9-18)24(32)7-6-14-31(36(4,34)35)20-12-13-21(27)22(28)15-20/h8-13,15,17,23H,5-7,14,16H2,1-4H3,(H,29,33)/t23-/m0/s1. The first-order chi connectivity index (χ1) is 16.8. The number of nitrogens with one attached hydrogen (secondary N) is 1. The van der Waals surface area contributed by atoms with E-state index in [1.165, 1.54) is 4.90 Å². The Labute approximate surface area is 216 Å². The van der Waals surface area contributed by atoms with Gasteiger partial charge in [-0.05, 0) is 56.5 Å². The predicted molar refractivity (Wildman–Crippen MR) is 137 cm³/mol. The van der Waals surface area contributed by atoms with E-state index in [1.54, 1.807) is 31.2 Å². The van der Waals surface area contributed by atoms with E-state index in [2.05, 4.69) is 5.32 Å². The molecule has 2 amide bonds. The van der Waals surface area contributed by atoms with Crippen molar-refractivity contribution in [3.05, 3.63) is 64.7 Å². The first kappa shape index (κ1) is 29.5. The lowest BCUT2D eigenvalue weighted by molar-refractivity contribution is -0.141. The lowest BCUT2D eigenvalue weighted by atomic mass is 10.1. The van der Waals surface area contributed by atoms with Crippen LogP contribution in [0.4, 0.5) is 14.5 Å². The van der Waals surface area contributed by atoms with E-state index < -0.39 is 27.7 Å². The molecular weight excluding hydrogens is 512 g/mol. The van der Waals surface area contributed by atoms with Crippen molar-refractivity contribution in [2.45, 2.75) is 58.7 Å². The summed E-state index contributed by atoms with van der Waals surface area (Å²) in [7, 11) is -3.82. The highest BCUT2D eigenvalue weighted by Crippen LogP contribution is 2.22. The SMILES string of the molecule is CC[C@@H](C(=O)NC(C)C)N(Cc1ccc(Cl)cc1)C(=O)CCCN(c1ccc(F)c(F)c1)S(C)(=O)=O. The van der Waals surface area contributed by atoms with Crippen LogP contribution in [-0.2, 0) is 26.2 Å². The molecular formula is C25H32ClF2N3O4S. The molecule has 0 fully saturated rings. The van der Waals surface area contributed by atoms with Gasteiger partial charge in [-0.2, -0.15) is 0 Å². The number of halogens is 3. The van der Waals surface area contributed by atoms with E-state index in [-0.39, 0.29) is 49.5 Å². The number of amides is 2. The molecule has 1 N–H and O–H groups in total. The van der Waals surface area contributed by atoms with Crippen molar-refractivity contribution in [1.82, 2.24) is 10.2 Å². The minimum Gasteiger partial charge on any atom is -0.352 e. The van der Waals surface area contributed by atoms with Crippen LogP contribution in [0.25, 0.3) is 0 Å². The molecule has 0 aromatic heterocycles. The predicted octanol–water partition coefficient (Wildman–Crippen LogP) is 4.50. The third kappa shape index (κ3) is 8.44. The average molecular weight is 544 g/mol. The second kappa shape index (κ2) is 13.0. The second-order valence-corrected chi connectivity index (χ2v) is 11.1. The first-order valence-corrected chi connectivity index (χ1v) is 13.8. The minimum absolute atomic E-state index is 0.0374. The smallest absolute Gasteiger partial charge is 0.243 e. The highest BCUT2D eigenvalue weighted by Gasteiger charge is 2.29. The Morgan fingerprint density at radius 3 is 2.22 bits per heavy atom. The summed E-state index contributed by atoms with van der Waals surface area (Å²) in [5.74, 6) is -2.89.